The predicted molar refractivity (Wildman–Crippen MR) is 46.4 cm³/mol. The lowest BCUT2D eigenvalue weighted by atomic mass is 10.0. The minimum atomic E-state index is -0.783. The summed E-state index contributed by atoms with van der Waals surface area (Å²) in [5.74, 6) is -0.783. The molecular weight excluding hydrogens is 174 g/mol. The number of hydrogen-bond donors (Lipinski definition) is 2. The summed E-state index contributed by atoms with van der Waals surface area (Å²) >= 11 is 1.64. The van der Waals surface area contributed by atoms with E-state index in [4.69, 9.17) is 5.11 Å². The maximum Gasteiger partial charge on any atom is 0.325 e. The van der Waals surface area contributed by atoms with Crippen molar-refractivity contribution in [1.82, 2.24) is 5.32 Å². The molecule has 64 valence electrons. The first-order valence-electron chi connectivity index (χ1n) is 3.81. The topological polar surface area (TPSA) is 49.3 Å². The highest BCUT2D eigenvalue weighted by Crippen LogP contribution is 2.27. The molecule has 0 aliphatic carbocycles. The molecule has 1 aromatic heterocycles. The van der Waals surface area contributed by atoms with E-state index in [1.54, 1.807) is 11.3 Å². The Kier molecular flexibility index (Phi) is 1.86. The molecule has 0 bridgehead atoms. The van der Waals surface area contributed by atoms with E-state index in [1.807, 2.05) is 11.4 Å². The molecular formula is C8H9NO2S. The molecule has 12 heavy (non-hydrogen) atoms. The van der Waals surface area contributed by atoms with Crippen LogP contribution in [0.3, 0.4) is 0 Å². The first-order chi connectivity index (χ1) is 5.79. The fraction of sp³-hybridized carbons (Fsp3) is 0.375. The van der Waals surface area contributed by atoms with Crippen LogP contribution in [0.4, 0.5) is 0 Å². The number of carbonyl (C=O) groups is 1. The van der Waals surface area contributed by atoms with Gasteiger partial charge in [-0.3, -0.25) is 4.79 Å². The van der Waals surface area contributed by atoms with Crippen LogP contribution in [-0.2, 0) is 11.2 Å². The van der Waals surface area contributed by atoms with Crippen molar-refractivity contribution >= 4 is 17.3 Å². The fourth-order valence-corrected chi connectivity index (χ4v) is 2.39. The highest BCUT2D eigenvalue weighted by atomic mass is 32.1. The third kappa shape index (κ3) is 1.13. The minimum Gasteiger partial charge on any atom is -0.480 e. The molecule has 3 nitrogen and oxygen atoms in total. The first kappa shape index (κ1) is 7.76. The van der Waals surface area contributed by atoms with Crippen molar-refractivity contribution in [2.24, 2.45) is 0 Å². The number of carboxylic acids is 1. The maximum atomic E-state index is 10.8. The average Bonchev–Trinajstić information content (AvgIpc) is 2.49. The van der Waals surface area contributed by atoms with Gasteiger partial charge in [-0.2, -0.15) is 0 Å². The quantitative estimate of drug-likeness (QED) is 0.683. The van der Waals surface area contributed by atoms with Gasteiger partial charge in [0.25, 0.3) is 0 Å². The second-order valence-electron chi connectivity index (χ2n) is 2.77. The van der Waals surface area contributed by atoms with E-state index in [-0.39, 0.29) is 0 Å². The van der Waals surface area contributed by atoms with Crippen molar-refractivity contribution in [3.8, 4) is 0 Å². The third-order valence-electron chi connectivity index (χ3n) is 2.04. The summed E-state index contributed by atoms with van der Waals surface area (Å²) in [4.78, 5) is 12.0. The molecule has 1 atom stereocenters. The Morgan fingerprint density at radius 2 is 2.58 bits per heavy atom. The Morgan fingerprint density at radius 3 is 3.33 bits per heavy atom. The monoisotopic (exact) mass is 183 g/mol. The SMILES string of the molecule is O=C(O)[C@H]1NCCc2sccc21. The fourth-order valence-electron chi connectivity index (χ4n) is 1.47. The molecule has 0 fully saturated rings. The van der Waals surface area contributed by atoms with Crippen molar-refractivity contribution in [3.63, 3.8) is 0 Å². The van der Waals surface area contributed by atoms with Crippen molar-refractivity contribution in [1.29, 1.82) is 0 Å². The Morgan fingerprint density at radius 1 is 1.75 bits per heavy atom. The summed E-state index contributed by atoms with van der Waals surface area (Å²) in [5.41, 5.74) is 0.943. The van der Waals surface area contributed by atoms with Gasteiger partial charge >= 0.3 is 5.97 Å². The van der Waals surface area contributed by atoms with Gasteiger partial charge in [-0.15, -0.1) is 11.3 Å². The van der Waals surface area contributed by atoms with E-state index in [9.17, 15) is 4.79 Å². The number of aliphatic carboxylic acids is 1. The van der Waals surface area contributed by atoms with Gasteiger partial charge in [0.15, 0.2) is 0 Å². The van der Waals surface area contributed by atoms with Gasteiger partial charge in [-0.25, -0.2) is 0 Å². The molecule has 0 unspecified atom stereocenters. The average molecular weight is 183 g/mol. The smallest absolute Gasteiger partial charge is 0.325 e. The number of thiophene rings is 1. The van der Waals surface area contributed by atoms with E-state index < -0.39 is 12.0 Å². The normalized spacial score (nSPS) is 21.8. The standard InChI is InChI=1S/C8H9NO2S/c10-8(11)7-5-2-4-12-6(5)1-3-9-7/h2,4,7,9H,1,3H2,(H,10,11)/t7-/m0/s1. The van der Waals surface area contributed by atoms with Crippen molar-refractivity contribution in [2.45, 2.75) is 12.5 Å². The summed E-state index contributed by atoms with van der Waals surface area (Å²) in [6.45, 7) is 0.768. The molecule has 2 rings (SSSR count). The third-order valence-corrected chi connectivity index (χ3v) is 3.03. The van der Waals surface area contributed by atoms with Crippen LogP contribution in [0.1, 0.15) is 16.5 Å². The Bertz CT molecular complexity index is 308. The molecule has 2 N–H and O–H groups in total. The molecule has 0 aromatic carbocycles. The summed E-state index contributed by atoms with van der Waals surface area (Å²) in [6, 6.07) is 1.41. The summed E-state index contributed by atoms with van der Waals surface area (Å²) < 4.78 is 0. The van der Waals surface area contributed by atoms with E-state index >= 15 is 0 Å². The van der Waals surface area contributed by atoms with Gasteiger partial charge in [0.05, 0.1) is 0 Å². The second-order valence-corrected chi connectivity index (χ2v) is 3.78. The first-order valence-corrected chi connectivity index (χ1v) is 4.69. The number of nitrogens with one attached hydrogen (secondary N) is 1. The molecule has 0 radical (unpaired) electrons. The summed E-state index contributed by atoms with van der Waals surface area (Å²) in [5, 5.41) is 13.8. The minimum absolute atomic E-state index is 0.486. The van der Waals surface area contributed by atoms with Gasteiger partial charge in [-0.1, -0.05) is 0 Å². The molecule has 1 aliphatic heterocycles. The molecule has 0 saturated carbocycles. The van der Waals surface area contributed by atoms with Crippen LogP contribution in [0.25, 0.3) is 0 Å². The van der Waals surface area contributed by atoms with Gasteiger partial charge in [-0.05, 0) is 23.4 Å². The molecule has 0 amide bonds. The molecule has 1 aliphatic rings. The van der Waals surface area contributed by atoms with Crippen molar-refractivity contribution in [2.75, 3.05) is 6.54 Å². The summed E-state index contributed by atoms with van der Waals surface area (Å²) in [6.07, 6.45) is 0.955. The Balaban J connectivity index is 2.37. The lowest BCUT2D eigenvalue weighted by molar-refractivity contribution is -0.139. The molecule has 4 heteroatoms. The Labute approximate surface area is 74.0 Å². The predicted octanol–water partition coefficient (Wildman–Crippen LogP) is 1.02. The van der Waals surface area contributed by atoms with Gasteiger partial charge < -0.3 is 10.4 Å². The maximum absolute atomic E-state index is 10.8. The molecule has 0 spiro atoms. The van der Waals surface area contributed by atoms with Crippen LogP contribution in [0, 0.1) is 0 Å². The van der Waals surface area contributed by atoms with E-state index in [0.29, 0.717) is 0 Å². The largest absolute Gasteiger partial charge is 0.480 e. The van der Waals surface area contributed by atoms with Gasteiger partial charge in [0.2, 0.25) is 0 Å². The van der Waals surface area contributed by atoms with Crippen LogP contribution in [0.15, 0.2) is 11.4 Å². The number of carboxylic acid groups (broad SMARTS) is 1. The van der Waals surface area contributed by atoms with Crippen LogP contribution >= 0.6 is 11.3 Å². The van der Waals surface area contributed by atoms with Crippen LogP contribution in [0.2, 0.25) is 0 Å². The van der Waals surface area contributed by atoms with Crippen molar-refractivity contribution < 1.29 is 9.90 Å². The van der Waals surface area contributed by atoms with Crippen LogP contribution < -0.4 is 5.32 Å². The number of fused-ring (bicyclic) bond motifs is 1. The van der Waals surface area contributed by atoms with E-state index in [0.717, 1.165) is 18.5 Å². The Hall–Kier alpha value is -0.870. The number of rotatable bonds is 1. The highest BCUT2D eigenvalue weighted by Gasteiger charge is 2.25. The van der Waals surface area contributed by atoms with E-state index in [1.165, 1.54) is 4.88 Å². The van der Waals surface area contributed by atoms with Gasteiger partial charge in [0.1, 0.15) is 6.04 Å². The summed E-state index contributed by atoms with van der Waals surface area (Å²) in [7, 11) is 0. The van der Waals surface area contributed by atoms with Gasteiger partial charge in [0, 0.05) is 11.4 Å². The zero-order valence-electron chi connectivity index (χ0n) is 6.41. The lowest BCUT2D eigenvalue weighted by Crippen LogP contribution is -2.33. The number of hydrogen-bond acceptors (Lipinski definition) is 3. The van der Waals surface area contributed by atoms with Crippen LogP contribution in [0.5, 0.6) is 0 Å². The molecule has 1 aromatic rings. The highest BCUT2D eigenvalue weighted by molar-refractivity contribution is 7.10. The van der Waals surface area contributed by atoms with Crippen molar-refractivity contribution in [3.05, 3.63) is 21.9 Å². The second kappa shape index (κ2) is 2.88. The lowest BCUT2D eigenvalue weighted by Gasteiger charge is -2.20. The van der Waals surface area contributed by atoms with E-state index in [2.05, 4.69) is 5.32 Å². The van der Waals surface area contributed by atoms with Crippen LogP contribution in [-0.4, -0.2) is 17.6 Å². The molecule has 2 heterocycles. The molecule has 0 saturated heterocycles. The zero-order chi connectivity index (χ0) is 8.55. The zero-order valence-corrected chi connectivity index (χ0v) is 7.23.